The smallest absolute Gasteiger partial charge is 0.133 e. The van der Waals surface area contributed by atoms with Gasteiger partial charge >= 0.3 is 0 Å². The van der Waals surface area contributed by atoms with Crippen molar-refractivity contribution in [1.82, 2.24) is 20.0 Å². The molecule has 2 rings (SSSR count). The Morgan fingerprint density at radius 1 is 1.44 bits per heavy atom. The molecule has 0 aromatic carbocycles. The quantitative estimate of drug-likeness (QED) is 0.655. The van der Waals surface area contributed by atoms with Crippen LogP contribution >= 0.6 is 15.9 Å². The third-order valence-corrected chi connectivity index (χ3v) is 3.15. The minimum Gasteiger partial charge on any atom is -0.333 e. The van der Waals surface area contributed by atoms with E-state index in [9.17, 15) is 0 Å². The van der Waals surface area contributed by atoms with Crippen molar-refractivity contribution in [1.29, 1.82) is 0 Å². The molecular formula is C12H16BrN5. The van der Waals surface area contributed by atoms with E-state index >= 15 is 0 Å². The van der Waals surface area contributed by atoms with Crippen LogP contribution in [0.15, 0.2) is 35.2 Å². The molecule has 0 saturated heterocycles. The molecule has 0 radical (unpaired) electrons. The molecule has 0 aliphatic carbocycles. The topological polar surface area (TPSA) is 68.8 Å². The molecule has 0 saturated carbocycles. The maximum Gasteiger partial charge on any atom is 0.133 e. The SMILES string of the molecule is CCCn1ccnc1C(NN)c1ccc(Br)cn1. The zero-order valence-corrected chi connectivity index (χ0v) is 11.8. The molecule has 1 unspecified atom stereocenters. The number of halogens is 1. The van der Waals surface area contributed by atoms with Crippen LogP contribution in [-0.4, -0.2) is 14.5 Å². The first-order valence-corrected chi connectivity index (χ1v) is 6.64. The summed E-state index contributed by atoms with van der Waals surface area (Å²) in [6.07, 6.45) is 6.55. The van der Waals surface area contributed by atoms with E-state index in [1.54, 1.807) is 12.4 Å². The average Bonchev–Trinajstić information content (AvgIpc) is 2.82. The Bertz CT molecular complexity index is 493. The van der Waals surface area contributed by atoms with Crippen molar-refractivity contribution in [2.45, 2.75) is 25.9 Å². The van der Waals surface area contributed by atoms with E-state index in [0.717, 1.165) is 29.0 Å². The third-order valence-electron chi connectivity index (χ3n) is 2.68. The van der Waals surface area contributed by atoms with E-state index in [4.69, 9.17) is 5.84 Å². The van der Waals surface area contributed by atoms with Crippen molar-refractivity contribution in [2.24, 2.45) is 5.84 Å². The van der Waals surface area contributed by atoms with Gasteiger partial charge in [-0.1, -0.05) is 6.92 Å². The predicted octanol–water partition coefficient (Wildman–Crippen LogP) is 2.00. The van der Waals surface area contributed by atoms with Gasteiger partial charge in [0.1, 0.15) is 11.9 Å². The Balaban J connectivity index is 2.32. The van der Waals surface area contributed by atoms with E-state index in [2.05, 4.69) is 42.8 Å². The molecule has 18 heavy (non-hydrogen) atoms. The van der Waals surface area contributed by atoms with Crippen molar-refractivity contribution in [2.75, 3.05) is 0 Å². The molecule has 3 N–H and O–H groups in total. The van der Waals surface area contributed by atoms with E-state index in [-0.39, 0.29) is 6.04 Å². The highest BCUT2D eigenvalue weighted by atomic mass is 79.9. The van der Waals surface area contributed by atoms with Gasteiger partial charge in [0.05, 0.1) is 5.69 Å². The summed E-state index contributed by atoms with van der Waals surface area (Å²) < 4.78 is 3.03. The van der Waals surface area contributed by atoms with Gasteiger partial charge in [0, 0.05) is 29.6 Å². The van der Waals surface area contributed by atoms with Crippen LogP contribution in [0.1, 0.15) is 30.9 Å². The summed E-state index contributed by atoms with van der Waals surface area (Å²) in [5.41, 5.74) is 3.63. The monoisotopic (exact) mass is 309 g/mol. The first-order chi connectivity index (χ1) is 8.76. The molecule has 0 bridgehead atoms. The lowest BCUT2D eigenvalue weighted by atomic mass is 10.2. The number of nitrogens with zero attached hydrogens (tertiary/aromatic N) is 3. The summed E-state index contributed by atoms with van der Waals surface area (Å²) in [7, 11) is 0. The fraction of sp³-hybridized carbons (Fsp3) is 0.333. The third kappa shape index (κ3) is 2.77. The number of hydrogen-bond acceptors (Lipinski definition) is 4. The van der Waals surface area contributed by atoms with Crippen LogP contribution in [0.25, 0.3) is 0 Å². The van der Waals surface area contributed by atoms with Gasteiger partial charge in [-0.2, -0.15) is 0 Å². The van der Waals surface area contributed by atoms with Gasteiger partial charge in [-0.05, 0) is 34.5 Å². The minimum absolute atomic E-state index is 0.195. The zero-order valence-electron chi connectivity index (χ0n) is 10.2. The summed E-state index contributed by atoms with van der Waals surface area (Å²) in [4.78, 5) is 8.74. The molecule has 2 heterocycles. The number of nitrogens with two attached hydrogens (primary N) is 1. The highest BCUT2D eigenvalue weighted by molar-refractivity contribution is 9.10. The van der Waals surface area contributed by atoms with Crippen molar-refractivity contribution in [3.05, 3.63) is 46.7 Å². The largest absolute Gasteiger partial charge is 0.333 e. The van der Waals surface area contributed by atoms with Gasteiger partial charge in [-0.3, -0.25) is 10.8 Å². The number of rotatable bonds is 5. The van der Waals surface area contributed by atoms with Crippen molar-refractivity contribution < 1.29 is 0 Å². The highest BCUT2D eigenvalue weighted by Crippen LogP contribution is 2.19. The maximum absolute atomic E-state index is 5.64. The van der Waals surface area contributed by atoms with Crippen LogP contribution in [-0.2, 0) is 6.54 Å². The van der Waals surface area contributed by atoms with Crippen LogP contribution in [0.5, 0.6) is 0 Å². The first-order valence-electron chi connectivity index (χ1n) is 5.85. The fourth-order valence-corrected chi connectivity index (χ4v) is 2.10. The predicted molar refractivity (Wildman–Crippen MR) is 73.6 cm³/mol. The second-order valence-electron chi connectivity index (χ2n) is 3.98. The normalized spacial score (nSPS) is 12.6. The van der Waals surface area contributed by atoms with Crippen molar-refractivity contribution >= 4 is 15.9 Å². The van der Waals surface area contributed by atoms with Crippen molar-refractivity contribution in [3.63, 3.8) is 0 Å². The summed E-state index contributed by atoms with van der Waals surface area (Å²) in [6, 6.07) is 3.68. The summed E-state index contributed by atoms with van der Waals surface area (Å²) in [5, 5.41) is 0. The lowest BCUT2D eigenvalue weighted by molar-refractivity contribution is 0.536. The maximum atomic E-state index is 5.64. The molecule has 0 aliphatic heterocycles. The van der Waals surface area contributed by atoms with Crippen molar-refractivity contribution in [3.8, 4) is 0 Å². The second kappa shape index (κ2) is 6.08. The Labute approximate surface area is 115 Å². The second-order valence-corrected chi connectivity index (χ2v) is 4.90. The highest BCUT2D eigenvalue weighted by Gasteiger charge is 2.18. The average molecular weight is 310 g/mol. The molecule has 5 nitrogen and oxygen atoms in total. The standard InChI is InChI=1S/C12H16BrN5/c1-2-6-18-7-5-15-12(18)11(17-14)10-4-3-9(13)8-16-10/h3-5,7-8,11,17H,2,6,14H2,1H3. The lowest BCUT2D eigenvalue weighted by Crippen LogP contribution is -2.31. The molecule has 2 aromatic heterocycles. The number of hydrazine groups is 1. The number of hydrogen-bond donors (Lipinski definition) is 2. The van der Waals surface area contributed by atoms with E-state index < -0.39 is 0 Å². The summed E-state index contributed by atoms with van der Waals surface area (Å²) >= 11 is 3.37. The Hall–Kier alpha value is -1.24. The van der Waals surface area contributed by atoms with Gasteiger partial charge < -0.3 is 4.57 Å². The number of nitrogens with one attached hydrogen (secondary N) is 1. The fourth-order valence-electron chi connectivity index (χ4n) is 1.86. The van der Waals surface area contributed by atoms with Crippen LogP contribution in [0.3, 0.4) is 0 Å². The van der Waals surface area contributed by atoms with E-state index in [1.807, 2.05) is 18.3 Å². The molecule has 0 spiro atoms. The molecule has 0 fully saturated rings. The number of aryl methyl sites for hydroxylation is 1. The minimum atomic E-state index is -0.195. The van der Waals surface area contributed by atoms with Gasteiger partial charge in [0.2, 0.25) is 0 Å². The number of pyridine rings is 1. The first kappa shape index (κ1) is 13.2. The molecule has 0 amide bonds. The van der Waals surface area contributed by atoms with E-state index in [1.165, 1.54) is 0 Å². The molecule has 96 valence electrons. The molecule has 0 aliphatic rings. The molecular weight excluding hydrogens is 294 g/mol. The summed E-state index contributed by atoms with van der Waals surface area (Å²) in [6.45, 7) is 3.05. The Morgan fingerprint density at radius 2 is 2.28 bits per heavy atom. The van der Waals surface area contributed by atoms with Crippen LogP contribution < -0.4 is 11.3 Å². The zero-order chi connectivity index (χ0) is 13.0. The van der Waals surface area contributed by atoms with Crippen LogP contribution in [0.2, 0.25) is 0 Å². The van der Waals surface area contributed by atoms with E-state index in [0.29, 0.717) is 0 Å². The van der Waals surface area contributed by atoms with Gasteiger partial charge in [-0.25, -0.2) is 10.4 Å². The number of aromatic nitrogens is 3. The molecule has 2 aromatic rings. The van der Waals surface area contributed by atoms with Crippen LogP contribution in [0.4, 0.5) is 0 Å². The Kier molecular flexibility index (Phi) is 4.46. The van der Waals surface area contributed by atoms with Gasteiger partial charge in [0.15, 0.2) is 0 Å². The molecule has 6 heteroatoms. The van der Waals surface area contributed by atoms with Crippen LogP contribution in [0, 0.1) is 0 Å². The lowest BCUT2D eigenvalue weighted by Gasteiger charge is -2.16. The van der Waals surface area contributed by atoms with Gasteiger partial charge in [0.25, 0.3) is 0 Å². The Morgan fingerprint density at radius 3 is 2.89 bits per heavy atom. The summed E-state index contributed by atoms with van der Waals surface area (Å²) in [5.74, 6) is 6.53. The number of imidazole rings is 1. The molecule has 1 atom stereocenters. The van der Waals surface area contributed by atoms with Gasteiger partial charge in [-0.15, -0.1) is 0 Å².